The fraction of sp³-hybridized carbons (Fsp3) is 0.429. The standard InChI is InChI=1S/C14H20ClN3O4S/c1-9(2)7-13(19)16-17-14(20)11-8-10(5-6-12(11)15)23(21,22)18(3)4/h5-6,8-9H,7H2,1-4H3,(H,16,19)(H,17,20). The van der Waals surface area contributed by atoms with Crippen LogP contribution in [0, 0.1) is 5.92 Å². The Hall–Kier alpha value is -1.64. The van der Waals surface area contributed by atoms with Crippen molar-refractivity contribution in [1.82, 2.24) is 15.2 Å². The van der Waals surface area contributed by atoms with Gasteiger partial charge in [0.15, 0.2) is 0 Å². The van der Waals surface area contributed by atoms with Gasteiger partial charge in [0, 0.05) is 20.5 Å². The number of carbonyl (C=O) groups is 2. The summed E-state index contributed by atoms with van der Waals surface area (Å²) in [6.45, 7) is 3.74. The fourth-order valence-electron chi connectivity index (χ4n) is 1.67. The number of hydrogen-bond donors (Lipinski definition) is 2. The summed E-state index contributed by atoms with van der Waals surface area (Å²) in [5.41, 5.74) is 4.44. The van der Waals surface area contributed by atoms with Gasteiger partial charge in [-0.3, -0.25) is 20.4 Å². The molecule has 1 aromatic carbocycles. The van der Waals surface area contributed by atoms with E-state index in [1.165, 1.54) is 32.3 Å². The maximum atomic E-state index is 12.1. The summed E-state index contributed by atoms with van der Waals surface area (Å²) in [5.74, 6) is -0.895. The number of amides is 2. The van der Waals surface area contributed by atoms with E-state index in [1.54, 1.807) is 0 Å². The van der Waals surface area contributed by atoms with Crippen molar-refractivity contribution in [2.75, 3.05) is 14.1 Å². The van der Waals surface area contributed by atoms with Crippen molar-refractivity contribution in [3.63, 3.8) is 0 Å². The van der Waals surface area contributed by atoms with E-state index < -0.39 is 15.9 Å². The fourth-order valence-corrected chi connectivity index (χ4v) is 2.80. The van der Waals surface area contributed by atoms with Crippen LogP contribution in [0.3, 0.4) is 0 Å². The van der Waals surface area contributed by atoms with Gasteiger partial charge >= 0.3 is 0 Å². The summed E-state index contributed by atoms with van der Waals surface area (Å²) in [5, 5.41) is 0.0818. The Bertz CT molecular complexity index is 702. The molecule has 0 atom stereocenters. The first-order valence-corrected chi connectivity index (χ1v) is 8.68. The third-order valence-corrected chi connectivity index (χ3v) is 5.01. The van der Waals surface area contributed by atoms with E-state index in [-0.39, 0.29) is 33.7 Å². The molecule has 1 aromatic rings. The van der Waals surface area contributed by atoms with Gasteiger partial charge in [-0.2, -0.15) is 0 Å². The van der Waals surface area contributed by atoms with Gasteiger partial charge in [-0.15, -0.1) is 0 Å². The van der Waals surface area contributed by atoms with Gasteiger partial charge in [0.2, 0.25) is 15.9 Å². The third kappa shape index (κ3) is 5.19. The highest BCUT2D eigenvalue weighted by atomic mass is 35.5. The highest BCUT2D eigenvalue weighted by Crippen LogP contribution is 2.22. The topological polar surface area (TPSA) is 95.6 Å². The van der Waals surface area contributed by atoms with E-state index in [9.17, 15) is 18.0 Å². The van der Waals surface area contributed by atoms with Crippen LogP contribution in [0.25, 0.3) is 0 Å². The van der Waals surface area contributed by atoms with Crippen molar-refractivity contribution in [3.05, 3.63) is 28.8 Å². The average molecular weight is 362 g/mol. The first-order valence-electron chi connectivity index (χ1n) is 6.87. The van der Waals surface area contributed by atoms with E-state index in [1.807, 2.05) is 13.8 Å². The smallest absolute Gasteiger partial charge is 0.271 e. The Kier molecular flexibility index (Phi) is 6.55. The molecule has 0 aliphatic rings. The molecule has 0 saturated carbocycles. The Morgan fingerprint density at radius 3 is 2.35 bits per heavy atom. The highest BCUT2D eigenvalue weighted by molar-refractivity contribution is 7.89. The van der Waals surface area contributed by atoms with E-state index >= 15 is 0 Å². The molecular weight excluding hydrogens is 342 g/mol. The number of nitrogens with one attached hydrogen (secondary N) is 2. The van der Waals surface area contributed by atoms with Crippen molar-refractivity contribution in [2.45, 2.75) is 25.2 Å². The lowest BCUT2D eigenvalue weighted by Gasteiger charge is -2.13. The zero-order chi connectivity index (χ0) is 17.8. The highest BCUT2D eigenvalue weighted by Gasteiger charge is 2.21. The molecule has 0 heterocycles. The average Bonchev–Trinajstić information content (AvgIpc) is 2.44. The Morgan fingerprint density at radius 2 is 1.83 bits per heavy atom. The van der Waals surface area contributed by atoms with Gasteiger partial charge < -0.3 is 0 Å². The summed E-state index contributed by atoms with van der Waals surface area (Å²) >= 11 is 5.94. The molecule has 2 amide bonds. The van der Waals surface area contributed by atoms with Crippen LogP contribution in [0.1, 0.15) is 30.6 Å². The predicted molar refractivity (Wildman–Crippen MR) is 87.4 cm³/mol. The van der Waals surface area contributed by atoms with Crippen LogP contribution >= 0.6 is 11.6 Å². The van der Waals surface area contributed by atoms with Crippen LogP contribution < -0.4 is 10.9 Å². The maximum Gasteiger partial charge on any atom is 0.271 e. The van der Waals surface area contributed by atoms with E-state index in [4.69, 9.17) is 11.6 Å². The van der Waals surface area contributed by atoms with Gasteiger partial charge in [0.1, 0.15) is 0 Å². The molecule has 0 aliphatic heterocycles. The minimum atomic E-state index is -3.69. The molecule has 9 heteroatoms. The van der Waals surface area contributed by atoms with Crippen molar-refractivity contribution in [2.24, 2.45) is 5.92 Å². The molecule has 0 spiro atoms. The Morgan fingerprint density at radius 1 is 1.22 bits per heavy atom. The number of halogens is 1. The van der Waals surface area contributed by atoms with E-state index in [0.29, 0.717) is 0 Å². The van der Waals surface area contributed by atoms with Crippen LogP contribution in [-0.4, -0.2) is 38.6 Å². The maximum absolute atomic E-state index is 12.1. The quantitative estimate of drug-likeness (QED) is 0.775. The van der Waals surface area contributed by atoms with E-state index in [2.05, 4.69) is 10.9 Å². The number of carbonyl (C=O) groups excluding carboxylic acids is 2. The molecule has 7 nitrogen and oxygen atoms in total. The molecular formula is C14H20ClN3O4S. The summed E-state index contributed by atoms with van der Waals surface area (Å²) in [4.78, 5) is 23.6. The summed E-state index contributed by atoms with van der Waals surface area (Å²) in [6.07, 6.45) is 0.253. The van der Waals surface area contributed by atoms with Crippen LogP contribution in [0.4, 0.5) is 0 Å². The number of nitrogens with zero attached hydrogens (tertiary/aromatic N) is 1. The first-order chi connectivity index (χ1) is 10.6. The molecule has 0 aromatic heterocycles. The van der Waals surface area contributed by atoms with Crippen molar-refractivity contribution in [3.8, 4) is 0 Å². The van der Waals surface area contributed by atoms with Crippen molar-refractivity contribution < 1.29 is 18.0 Å². The number of hydrazine groups is 1. The number of hydrogen-bond acceptors (Lipinski definition) is 4. The minimum absolute atomic E-state index is 0.0422. The van der Waals surface area contributed by atoms with Crippen LogP contribution in [0.2, 0.25) is 5.02 Å². The molecule has 2 N–H and O–H groups in total. The molecule has 23 heavy (non-hydrogen) atoms. The number of sulfonamides is 1. The van der Waals surface area contributed by atoms with Crippen LogP contribution in [0.15, 0.2) is 23.1 Å². The summed E-state index contributed by atoms with van der Waals surface area (Å²) in [7, 11) is -0.920. The lowest BCUT2D eigenvalue weighted by atomic mass is 10.1. The van der Waals surface area contributed by atoms with Gasteiger partial charge in [-0.1, -0.05) is 25.4 Å². The van der Waals surface area contributed by atoms with E-state index in [0.717, 1.165) is 4.31 Å². The zero-order valence-electron chi connectivity index (χ0n) is 13.4. The van der Waals surface area contributed by atoms with Gasteiger partial charge in [0.05, 0.1) is 15.5 Å². The number of benzene rings is 1. The molecule has 0 saturated heterocycles. The monoisotopic (exact) mass is 361 g/mol. The normalized spacial score (nSPS) is 11.6. The second kappa shape index (κ2) is 7.76. The van der Waals surface area contributed by atoms with Crippen LogP contribution in [0.5, 0.6) is 0 Å². The van der Waals surface area contributed by atoms with Gasteiger partial charge in [-0.05, 0) is 24.1 Å². The molecule has 0 bridgehead atoms. The van der Waals surface area contributed by atoms with Crippen molar-refractivity contribution in [1.29, 1.82) is 0 Å². The van der Waals surface area contributed by atoms with Crippen LogP contribution in [-0.2, 0) is 14.8 Å². The molecule has 128 valence electrons. The largest absolute Gasteiger partial charge is 0.273 e. The van der Waals surface area contributed by atoms with Gasteiger partial charge in [-0.25, -0.2) is 12.7 Å². The first kappa shape index (κ1) is 19.4. The predicted octanol–water partition coefficient (Wildman–Crippen LogP) is 1.40. The third-order valence-electron chi connectivity index (χ3n) is 2.87. The second-order valence-corrected chi connectivity index (χ2v) is 8.09. The second-order valence-electron chi connectivity index (χ2n) is 5.53. The van der Waals surface area contributed by atoms with Gasteiger partial charge in [0.25, 0.3) is 5.91 Å². The van der Waals surface area contributed by atoms with Crippen molar-refractivity contribution >= 4 is 33.4 Å². The summed E-state index contributed by atoms with van der Waals surface area (Å²) in [6, 6.07) is 3.80. The lowest BCUT2D eigenvalue weighted by Crippen LogP contribution is -2.42. The molecule has 1 rings (SSSR count). The molecule has 0 unspecified atom stereocenters. The molecule has 0 aliphatic carbocycles. The zero-order valence-corrected chi connectivity index (χ0v) is 15.0. The minimum Gasteiger partial charge on any atom is -0.273 e. The SMILES string of the molecule is CC(C)CC(=O)NNC(=O)c1cc(S(=O)(=O)N(C)C)ccc1Cl. The Labute approximate surface area is 141 Å². The number of rotatable bonds is 5. The summed E-state index contributed by atoms with van der Waals surface area (Å²) < 4.78 is 25.2. The lowest BCUT2D eigenvalue weighted by molar-refractivity contribution is -0.122. The molecule has 0 radical (unpaired) electrons. The Balaban J connectivity index is 2.96. The molecule has 0 fully saturated rings.